The molecular formula is C23H26O5. The number of fused-ring (bicyclic) bond motifs is 3. The minimum Gasteiger partial charge on any atom is -0.481 e. The van der Waals surface area contributed by atoms with Gasteiger partial charge in [-0.2, -0.15) is 0 Å². The molecule has 0 aromatic heterocycles. The van der Waals surface area contributed by atoms with Crippen molar-refractivity contribution in [2.45, 2.75) is 64.9 Å². The van der Waals surface area contributed by atoms with Gasteiger partial charge < -0.3 is 10.2 Å². The smallest absolute Gasteiger partial charge is 0.313 e. The van der Waals surface area contributed by atoms with Gasteiger partial charge in [0, 0.05) is 18.3 Å². The number of Topliss-reactive ketones (excluding diaryl/α,β-unsaturated/α-hetero) is 1. The molecular weight excluding hydrogens is 356 g/mol. The first-order valence-corrected chi connectivity index (χ1v) is 10.3. The molecule has 1 saturated carbocycles. The van der Waals surface area contributed by atoms with Crippen molar-refractivity contribution < 1.29 is 24.6 Å². The van der Waals surface area contributed by atoms with Gasteiger partial charge in [-0.1, -0.05) is 25.5 Å². The Bertz CT molecular complexity index is 937. The third kappa shape index (κ3) is 1.84. The summed E-state index contributed by atoms with van der Waals surface area (Å²) < 4.78 is 0. The molecule has 0 amide bonds. The average Bonchev–Trinajstić information content (AvgIpc) is 3.07. The molecule has 0 radical (unpaired) electrons. The maximum Gasteiger partial charge on any atom is 0.313 e. The lowest BCUT2D eigenvalue weighted by molar-refractivity contribution is -0.144. The molecule has 5 atom stereocenters. The van der Waals surface area contributed by atoms with E-state index < -0.39 is 28.8 Å². The zero-order chi connectivity index (χ0) is 20.1. The summed E-state index contributed by atoms with van der Waals surface area (Å²) in [6, 6.07) is 0. The number of carbonyl (C=O) groups excluding carboxylic acids is 2. The maximum absolute atomic E-state index is 13.1. The third-order valence-corrected chi connectivity index (χ3v) is 8.69. The largest absolute Gasteiger partial charge is 0.481 e. The van der Waals surface area contributed by atoms with E-state index in [1.54, 1.807) is 0 Å². The molecule has 0 aromatic rings. The highest BCUT2D eigenvalue weighted by Gasteiger charge is 2.66. The van der Waals surface area contributed by atoms with E-state index in [1.165, 1.54) is 6.08 Å². The number of carboxylic acid groups (broad SMARTS) is 1. The van der Waals surface area contributed by atoms with Crippen LogP contribution in [0.4, 0.5) is 0 Å². The Morgan fingerprint density at radius 2 is 1.86 bits per heavy atom. The molecule has 1 unspecified atom stereocenters. The van der Waals surface area contributed by atoms with Gasteiger partial charge in [-0.3, -0.25) is 14.4 Å². The monoisotopic (exact) mass is 382 g/mol. The second kappa shape index (κ2) is 5.32. The number of hydrogen-bond acceptors (Lipinski definition) is 4. The van der Waals surface area contributed by atoms with E-state index in [-0.39, 0.29) is 17.0 Å². The lowest BCUT2D eigenvalue weighted by Crippen LogP contribution is -2.51. The summed E-state index contributed by atoms with van der Waals surface area (Å²) in [6.07, 6.45) is 6.87. The highest BCUT2D eigenvalue weighted by atomic mass is 16.4. The van der Waals surface area contributed by atoms with E-state index in [1.807, 2.05) is 6.92 Å². The summed E-state index contributed by atoms with van der Waals surface area (Å²) in [5.41, 5.74) is 1.90. The average molecular weight is 382 g/mol. The molecule has 5 aliphatic carbocycles. The zero-order valence-corrected chi connectivity index (χ0v) is 16.4. The summed E-state index contributed by atoms with van der Waals surface area (Å²) in [7, 11) is 0. The number of allylic oxidation sites excluding steroid dienone is 4. The van der Waals surface area contributed by atoms with Gasteiger partial charge in [-0.25, -0.2) is 0 Å². The molecule has 0 aliphatic heterocycles. The first-order valence-electron chi connectivity index (χ1n) is 10.3. The van der Waals surface area contributed by atoms with Crippen molar-refractivity contribution in [3.63, 3.8) is 0 Å². The minimum atomic E-state index is -1.23. The lowest BCUT2D eigenvalue weighted by atomic mass is 9.50. The van der Waals surface area contributed by atoms with Crippen LogP contribution < -0.4 is 0 Å². The van der Waals surface area contributed by atoms with Gasteiger partial charge >= 0.3 is 5.97 Å². The van der Waals surface area contributed by atoms with E-state index in [9.17, 15) is 24.6 Å². The number of carboxylic acids is 1. The van der Waals surface area contributed by atoms with Crippen LogP contribution in [0.1, 0.15) is 58.8 Å². The van der Waals surface area contributed by atoms with Crippen LogP contribution >= 0.6 is 0 Å². The van der Waals surface area contributed by atoms with Crippen molar-refractivity contribution >= 4 is 17.5 Å². The molecule has 5 nitrogen and oxygen atoms in total. The lowest BCUT2D eigenvalue weighted by Gasteiger charge is -2.53. The number of aliphatic hydroxyl groups is 1. The molecule has 148 valence electrons. The molecule has 1 spiro atoms. The number of ketones is 2. The minimum absolute atomic E-state index is 0.0504. The van der Waals surface area contributed by atoms with E-state index in [4.69, 9.17) is 0 Å². The quantitative estimate of drug-likeness (QED) is 0.727. The van der Waals surface area contributed by atoms with E-state index in [0.717, 1.165) is 24.0 Å². The van der Waals surface area contributed by atoms with Crippen LogP contribution in [0, 0.1) is 22.2 Å². The normalized spacial score (nSPS) is 44.4. The summed E-state index contributed by atoms with van der Waals surface area (Å²) in [6.45, 7) is 4.19. The van der Waals surface area contributed by atoms with Gasteiger partial charge in [0.25, 0.3) is 0 Å². The first-order chi connectivity index (χ1) is 13.2. The number of aliphatic hydroxyl groups excluding tert-OH is 1. The fourth-order valence-corrected chi connectivity index (χ4v) is 7.12. The Kier molecular flexibility index (Phi) is 3.43. The van der Waals surface area contributed by atoms with Crippen molar-refractivity contribution in [1.82, 2.24) is 0 Å². The number of carbonyl (C=O) groups is 3. The van der Waals surface area contributed by atoms with Gasteiger partial charge in [0.1, 0.15) is 11.7 Å². The van der Waals surface area contributed by atoms with E-state index >= 15 is 0 Å². The van der Waals surface area contributed by atoms with Crippen LogP contribution in [0.5, 0.6) is 0 Å². The Balaban J connectivity index is 1.78. The predicted molar refractivity (Wildman–Crippen MR) is 101 cm³/mol. The standard InChI is InChI=1S/C23H26O5/c1-21-7-4-14-17-13(5-10-23(14,21)16(25)6-8-21)22(2)9-3-12(24)11-15(22)19(26)18(17)20(27)28/h4,11,18-19,26H,3,5-10H2,1-2H3,(H,27,28)/t18-,19-,21-,22?,23+/m0/s1. The van der Waals surface area contributed by atoms with Crippen LogP contribution in [-0.2, 0) is 14.4 Å². The second-order valence-electron chi connectivity index (χ2n) is 9.76. The first kappa shape index (κ1) is 18.0. The fourth-order valence-electron chi connectivity index (χ4n) is 7.12. The van der Waals surface area contributed by atoms with E-state index in [0.29, 0.717) is 43.3 Å². The van der Waals surface area contributed by atoms with Crippen molar-refractivity contribution in [3.8, 4) is 0 Å². The molecule has 0 saturated heterocycles. The summed E-state index contributed by atoms with van der Waals surface area (Å²) in [4.78, 5) is 37.5. The van der Waals surface area contributed by atoms with Crippen LogP contribution in [0.3, 0.4) is 0 Å². The molecule has 1 fully saturated rings. The third-order valence-electron chi connectivity index (χ3n) is 8.69. The topological polar surface area (TPSA) is 91.7 Å². The van der Waals surface area contributed by atoms with Crippen molar-refractivity contribution in [3.05, 3.63) is 34.4 Å². The van der Waals surface area contributed by atoms with Crippen LogP contribution in [0.2, 0.25) is 0 Å². The van der Waals surface area contributed by atoms with Gasteiger partial charge in [0.05, 0.1) is 11.5 Å². The van der Waals surface area contributed by atoms with Gasteiger partial charge in [0.15, 0.2) is 5.78 Å². The van der Waals surface area contributed by atoms with Crippen LogP contribution in [0.15, 0.2) is 34.4 Å². The van der Waals surface area contributed by atoms with Crippen LogP contribution in [0.25, 0.3) is 0 Å². The van der Waals surface area contributed by atoms with Gasteiger partial charge in [-0.15, -0.1) is 0 Å². The molecule has 0 aromatic carbocycles. The summed E-state index contributed by atoms with van der Waals surface area (Å²) in [5, 5.41) is 21.2. The summed E-state index contributed by atoms with van der Waals surface area (Å²) in [5.74, 6) is -2.02. The molecule has 5 rings (SSSR count). The van der Waals surface area contributed by atoms with Gasteiger partial charge in [-0.05, 0) is 60.3 Å². The van der Waals surface area contributed by atoms with Crippen molar-refractivity contribution in [2.24, 2.45) is 22.2 Å². The van der Waals surface area contributed by atoms with Crippen LogP contribution in [-0.4, -0.2) is 33.9 Å². The van der Waals surface area contributed by atoms with Gasteiger partial charge in [0.2, 0.25) is 0 Å². The number of hydrogen-bond donors (Lipinski definition) is 2. The SMILES string of the molecule is CC12CCC(=O)C=C1[C@H](O)[C@@H](C(=O)O)C1=C2CC[C@@]23C(=O)CC[C@]2(C)CC=C13. The van der Waals surface area contributed by atoms with E-state index in [2.05, 4.69) is 13.0 Å². The Hall–Kier alpha value is -2.01. The highest BCUT2D eigenvalue weighted by Crippen LogP contribution is 2.70. The zero-order valence-electron chi connectivity index (χ0n) is 16.4. The van der Waals surface area contributed by atoms with Crippen molar-refractivity contribution in [2.75, 3.05) is 0 Å². The fraction of sp³-hybridized carbons (Fsp3) is 0.609. The molecule has 0 bridgehead atoms. The molecule has 5 aliphatic rings. The Morgan fingerprint density at radius 3 is 2.57 bits per heavy atom. The predicted octanol–water partition coefficient (Wildman–Crippen LogP) is 3.13. The van der Waals surface area contributed by atoms with Crippen molar-refractivity contribution in [1.29, 1.82) is 0 Å². The maximum atomic E-state index is 13.1. The second-order valence-corrected chi connectivity index (χ2v) is 9.76. The highest BCUT2D eigenvalue weighted by molar-refractivity contribution is 5.96. The molecule has 0 heterocycles. The summed E-state index contributed by atoms with van der Waals surface area (Å²) >= 11 is 0. The Morgan fingerprint density at radius 1 is 1.11 bits per heavy atom. The molecule has 5 heteroatoms. The molecule has 2 N–H and O–H groups in total. The number of aliphatic carboxylic acids is 1. The molecule has 28 heavy (non-hydrogen) atoms. The Labute approximate surface area is 164 Å². The number of rotatable bonds is 1.